The SMILES string of the molecule is Cc1nc(Br)cc(Nc2cc(F)ccc2Br)n1. The summed E-state index contributed by atoms with van der Waals surface area (Å²) in [7, 11) is 0. The highest BCUT2D eigenvalue weighted by Gasteiger charge is 2.04. The second-order valence-corrected chi connectivity index (χ2v) is 5.04. The van der Waals surface area contributed by atoms with E-state index >= 15 is 0 Å². The number of anilines is 2. The van der Waals surface area contributed by atoms with Gasteiger partial charge in [0.1, 0.15) is 22.1 Å². The molecule has 0 saturated carbocycles. The third-order valence-corrected chi connectivity index (χ3v) is 3.10. The summed E-state index contributed by atoms with van der Waals surface area (Å²) in [5, 5.41) is 3.03. The summed E-state index contributed by atoms with van der Waals surface area (Å²) in [5.74, 6) is 0.936. The fourth-order valence-corrected chi connectivity index (χ4v) is 2.15. The third-order valence-electron chi connectivity index (χ3n) is 2.00. The lowest BCUT2D eigenvalue weighted by Gasteiger charge is -2.08. The van der Waals surface area contributed by atoms with Gasteiger partial charge in [0.05, 0.1) is 5.69 Å². The Kier molecular flexibility index (Phi) is 3.73. The lowest BCUT2D eigenvalue weighted by Crippen LogP contribution is -1.98. The van der Waals surface area contributed by atoms with E-state index in [1.54, 1.807) is 19.1 Å². The van der Waals surface area contributed by atoms with Crippen LogP contribution in [-0.4, -0.2) is 9.97 Å². The van der Waals surface area contributed by atoms with Gasteiger partial charge in [-0.1, -0.05) is 0 Å². The topological polar surface area (TPSA) is 37.8 Å². The zero-order valence-corrected chi connectivity index (χ0v) is 12.0. The average molecular weight is 361 g/mol. The summed E-state index contributed by atoms with van der Waals surface area (Å²) in [5.41, 5.74) is 0.620. The van der Waals surface area contributed by atoms with Gasteiger partial charge in [0.25, 0.3) is 0 Å². The molecule has 2 aromatic rings. The number of aryl methyl sites for hydroxylation is 1. The molecule has 0 aliphatic rings. The predicted octanol–water partition coefficient (Wildman–Crippen LogP) is 4.19. The number of nitrogens with zero attached hydrogens (tertiary/aromatic N) is 2. The molecule has 0 spiro atoms. The summed E-state index contributed by atoms with van der Waals surface area (Å²) in [4.78, 5) is 8.30. The maximum Gasteiger partial charge on any atom is 0.135 e. The van der Waals surface area contributed by atoms with Crippen LogP contribution in [0.3, 0.4) is 0 Å². The first-order chi connectivity index (χ1) is 8.04. The summed E-state index contributed by atoms with van der Waals surface area (Å²) < 4.78 is 14.6. The molecule has 3 nitrogen and oxygen atoms in total. The maximum atomic E-state index is 13.1. The molecule has 0 unspecified atom stereocenters. The first-order valence-corrected chi connectivity index (χ1v) is 6.36. The molecule has 0 bridgehead atoms. The average Bonchev–Trinajstić information content (AvgIpc) is 2.22. The van der Waals surface area contributed by atoms with Crippen molar-refractivity contribution in [2.75, 3.05) is 5.32 Å². The molecule has 17 heavy (non-hydrogen) atoms. The molecule has 0 radical (unpaired) electrons. The van der Waals surface area contributed by atoms with E-state index < -0.39 is 0 Å². The van der Waals surface area contributed by atoms with Gasteiger partial charge in [-0.25, -0.2) is 14.4 Å². The second kappa shape index (κ2) is 5.10. The van der Waals surface area contributed by atoms with E-state index in [1.165, 1.54) is 12.1 Å². The molecule has 1 N–H and O–H groups in total. The Balaban J connectivity index is 2.34. The van der Waals surface area contributed by atoms with Crippen LogP contribution in [0.15, 0.2) is 33.3 Å². The fraction of sp³-hybridized carbons (Fsp3) is 0.0909. The van der Waals surface area contributed by atoms with Gasteiger partial charge in [0.15, 0.2) is 0 Å². The molecule has 0 fully saturated rings. The number of halogens is 3. The van der Waals surface area contributed by atoms with Crippen LogP contribution < -0.4 is 5.32 Å². The molecule has 0 aliphatic carbocycles. The minimum atomic E-state index is -0.305. The maximum absolute atomic E-state index is 13.1. The van der Waals surface area contributed by atoms with Crippen molar-refractivity contribution in [1.82, 2.24) is 9.97 Å². The van der Waals surface area contributed by atoms with Crippen molar-refractivity contribution < 1.29 is 4.39 Å². The minimum absolute atomic E-state index is 0.305. The van der Waals surface area contributed by atoms with E-state index in [2.05, 4.69) is 47.1 Å². The summed E-state index contributed by atoms with van der Waals surface area (Å²) in [6.45, 7) is 1.79. The molecule has 0 aliphatic heterocycles. The molecular formula is C11H8Br2FN3. The van der Waals surface area contributed by atoms with E-state index in [-0.39, 0.29) is 5.82 Å². The molecule has 88 valence electrons. The molecule has 1 aromatic heterocycles. The molecule has 0 amide bonds. The van der Waals surface area contributed by atoms with Gasteiger partial charge in [-0.3, -0.25) is 0 Å². The van der Waals surface area contributed by atoms with E-state index in [1.807, 2.05) is 0 Å². The Bertz CT molecular complexity index is 540. The molecule has 0 atom stereocenters. The molecular weight excluding hydrogens is 353 g/mol. The molecule has 0 saturated heterocycles. The highest BCUT2D eigenvalue weighted by Crippen LogP contribution is 2.26. The Morgan fingerprint density at radius 1 is 1.18 bits per heavy atom. The van der Waals surface area contributed by atoms with Gasteiger partial charge >= 0.3 is 0 Å². The summed E-state index contributed by atoms with van der Waals surface area (Å²) in [6, 6.07) is 6.15. The van der Waals surface area contributed by atoms with Crippen LogP contribution in [0, 0.1) is 12.7 Å². The van der Waals surface area contributed by atoms with Crippen LogP contribution in [0.1, 0.15) is 5.82 Å². The molecule has 2 rings (SSSR count). The van der Waals surface area contributed by atoms with Crippen LogP contribution in [0.2, 0.25) is 0 Å². The van der Waals surface area contributed by atoms with Crippen LogP contribution >= 0.6 is 31.9 Å². The Hall–Kier alpha value is -1.01. The second-order valence-electron chi connectivity index (χ2n) is 3.37. The number of benzene rings is 1. The monoisotopic (exact) mass is 359 g/mol. The summed E-state index contributed by atoms with van der Waals surface area (Å²) >= 11 is 6.62. The molecule has 1 aromatic carbocycles. The van der Waals surface area contributed by atoms with Gasteiger partial charge < -0.3 is 5.32 Å². The quantitative estimate of drug-likeness (QED) is 0.816. The fourth-order valence-electron chi connectivity index (χ4n) is 1.33. The largest absolute Gasteiger partial charge is 0.339 e. The zero-order chi connectivity index (χ0) is 12.4. The Morgan fingerprint density at radius 3 is 2.65 bits per heavy atom. The van der Waals surface area contributed by atoms with Gasteiger partial charge in [-0.2, -0.15) is 0 Å². The lowest BCUT2D eigenvalue weighted by molar-refractivity contribution is 0.628. The normalized spacial score (nSPS) is 10.4. The number of hydrogen-bond acceptors (Lipinski definition) is 3. The Morgan fingerprint density at radius 2 is 1.94 bits per heavy atom. The zero-order valence-electron chi connectivity index (χ0n) is 8.84. The van der Waals surface area contributed by atoms with Gasteiger partial charge in [-0.05, 0) is 57.0 Å². The van der Waals surface area contributed by atoms with Crippen molar-refractivity contribution in [3.8, 4) is 0 Å². The first-order valence-electron chi connectivity index (χ1n) is 4.78. The first kappa shape index (κ1) is 12.4. The third kappa shape index (κ3) is 3.23. The lowest BCUT2D eigenvalue weighted by atomic mass is 10.3. The number of hydrogen-bond donors (Lipinski definition) is 1. The van der Waals surface area contributed by atoms with Crippen molar-refractivity contribution in [2.45, 2.75) is 6.92 Å². The number of aromatic nitrogens is 2. The predicted molar refractivity (Wildman–Crippen MR) is 71.9 cm³/mol. The van der Waals surface area contributed by atoms with Gasteiger partial charge in [-0.15, -0.1) is 0 Å². The summed E-state index contributed by atoms with van der Waals surface area (Å²) in [6.07, 6.45) is 0. The van der Waals surface area contributed by atoms with Crippen molar-refractivity contribution in [2.24, 2.45) is 0 Å². The van der Waals surface area contributed by atoms with Crippen LogP contribution in [0.4, 0.5) is 15.9 Å². The van der Waals surface area contributed by atoms with E-state index in [0.717, 1.165) is 4.47 Å². The minimum Gasteiger partial charge on any atom is -0.339 e. The highest BCUT2D eigenvalue weighted by atomic mass is 79.9. The van der Waals surface area contributed by atoms with Gasteiger partial charge in [0.2, 0.25) is 0 Å². The van der Waals surface area contributed by atoms with Crippen LogP contribution in [-0.2, 0) is 0 Å². The molecule has 1 heterocycles. The number of nitrogens with one attached hydrogen (secondary N) is 1. The smallest absolute Gasteiger partial charge is 0.135 e. The van der Waals surface area contributed by atoms with E-state index in [4.69, 9.17) is 0 Å². The highest BCUT2D eigenvalue weighted by molar-refractivity contribution is 9.10. The van der Waals surface area contributed by atoms with E-state index in [0.29, 0.717) is 21.9 Å². The van der Waals surface area contributed by atoms with Crippen LogP contribution in [0.5, 0.6) is 0 Å². The van der Waals surface area contributed by atoms with Gasteiger partial charge in [0, 0.05) is 10.5 Å². The molecule has 6 heteroatoms. The van der Waals surface area contributed by atoms with Crippen molar-refractivity contribution >= 4 is 43.4 Å². The van der Waals surface area contributed by atoms with Crippen molar-refractivity contribution in [3.63, 3.8) is 0 Å². The number of rotatable bonds is 2. The van der Waals surface area contributed by atoms with Crippen molar-refractivity contribution in [1.29, 1.82) is 0 Å². The van der Waals surface area contributed by atoms with E-state index in [9.17, 15) is 4.39 Å². The standard InChI is InChI=1S/C11H8Br2FN3/c1-6-15-10(13)5-11(16-6)17-9-4-7(14)2-3-8(9)12/h2-5H,1H3,(H,15,16,17). The van der Waals surface area contributed by atoms with Crippen molar-refractivity contribution in [3.05, 3.63) is 45.0 Å². The Labute approximate surface area is 115 Å². The van der Waals surface area contributed by atoms with Crippen LogP contribution in [0.25, 0.3) is 0 Å².